The van der Waals surface area contributed by atoms with Crippen molar-refractivity contribution in [1.29, 1.82) is 0 Å². The second kappa shape index (κ2) is 4.14. The van der Waals surface area contributed by atoms with E-state index in [1.807, 2.05) is 37.3 Å². The van der Waals surface area contributed by atoms with Gasteiger partial charge in [-0.2, -0.15) is 4.98 Å². The minimum Gasteiger partial charge on any atom is -0.432 e. The largest absolute Gasteiger partial charge is 0.432 e. The fraction of sp³-hybridized carbons (Fsp3) is 0.182. The van der Waals surface area contributed by atoms with Crippen LogP contribution >= 0.6 is 0 Å². The summed E-state index contributed by atoms with van der Waals surface area (Å²) < 4.78 is 5.23. The van der Waals surface area contributed by atoms with Crippen LogP contribution in [-0.4, -0.2) is 4.98 Å². The molecule has 3 N–H and O–H groups in total. The van der Waals surface area contributed by atoms with Crippen LogP contribution in [0.3, 0.4) is 0 Å². The maximum Gasteiger partial charge on any atom is 0.299 e. The molecule has 0 saturated carbocycles. The molecule has 0 fully saturated rings. The summed E-state index contributed by atoms with van der Waals surface area (Å²) in [7, 11) is 0. The number of hydrogen-bond acceptors (Lipinski definition) is 4. The van der Waals surface area contributed by atoms with E-state index in [0.29, 0.717) is 6.01 Å². The molecule has 1 aromatic carbocycles. The van der Waals surface area contributed by atoms with Gasteiger partial charge in [-0.3, -0.25) is 0 Å². The minimum atomic E-state index is -0.111. The Morgan fingerprint density at radius 1 is 1.33 bits per heavy atom. The summed E-state index contributed by atoms with van der Waals surface area (Å²) in [4.78, 5) is 4.20. The van der Waals surface area contributed by atoms with Crippen molar-refractivity contribution in [2.45, 2.75) is 13.0 Å². The molecular weight excluding hydrogens is 190 g/mol. The Morgan fingerprint density at radius 2 is 2.07 bits per heavy atom. The van der Waals surface area contributed by atoms with Gasteiger partial charge in [-0.25, -0.2) is 0 Å². The van der Waals surface area contributed by atoms with Crippen LogP contribution in [0.2, 0.25) is 0 Å². The first-order chi connectivity index (χ1) is 7.25. The Bertz CT molecular complexity index is 422. The number of para-hydroxylation sites is 1. The minimum absolute atomic E-state index is 0.111. The summed E-state index contributed by atoms with van der Waals surface area (Å²) in [5.74, 6) is 0. The molecule has 1 heterocycles. The van der Waals surface area contributed by atoms with Gasteiger partial charge in [-0.05, 0) is 19.1 Å². The van der Waals surface area contributed by atoms with Crippen molar-refractivity contribution >= 4 is 11.7 Å². The van der Waals surface area contributed by atoms with Crippen molar-refractivity contribution in [3.05, 3.63) is 42.3 Å². The predicted molar refractivity (Wildman–Crippen MR) is 58.8 cm³/mol. The molecule has 1 unspecified atom stereocenters. The average molecular weight is 203 g/mol. The summed E-state index contributed by atoms with van der Waals surface area (Å²) in [5.41, 5.74) is 7.35. The third-order valence-electron chi connectivity index (χ3n) is 2.01. The van der Waals surface area contributed by atoms with Crippen molar-refractivity contribution in [2.75, 3.05) is 5.32 Å². The molecule has 78 valence electrons. The first-order valence-electron chi connectivity index (χ1n) is 4.79. The Kier molecular flexibility index (Phi) is 2.69. The van der Waals surface area contributed by atoms with Gasteiger partial charge < -0.3 is 15.5 Å². The molecule has 0 radical (unpaired) electrons. The lowest BCUT2D eigenvalue weighted by atomic mass is 10.3. The van der Waals surface area contributed by atoms with Gasteiger partial charge in [-0.1, -0.05) is 18.2 Å². The quantitative estimate of drug-likeness (QED) is 0.804. The van der Waals surface area contributed by atoms with E-state index in [9.17, 15) is 0 Å². The Balaban J connectivity index is 2.12. The summed E-state index contributed by atoms with van der Waals surface area (Å²) in [6.45, 7) is 1.87. The van der Waals surface area contributed by atoms with Crippen molar-refractivity contribution in [1.82, 2.24) is 4.98 Å². The molecule has 15 heavy (non-hydrogen) atoms. The van der Waals surface area contributed by atoms with Crippen LogP contribution < -0.4 is 11.1 Å². The topological polar surface area (TPSA) is 64.1 Å². The zero-order valence-corrected chi connectivity index (χ0v) is 8.47. The molecule has 1 aromatic heterocycles. The molecule has 0 aliphatic carbocycles. The Hall–Kier alpha value is -1.81. The van der Waals surface area contributed by atoms with Gasteiger partial charge in [-0.15, -0.1) is 0 Å². The van der Waals surface area contributed by atoms with E-state index >= 15 is 0 Å². The number of nitrogens with two attached hydrogens (primary N) is 1. The fourth-order valence-electron chi connectivity index (χ4n) is 1.20. The smallest absolute Gasteiger partial charge is 0.299 e. The fourth-order valence-corrected chi connectivity index (χ4v) is 1.20. The van der Waals surface area contributed by atoms with Crippen LogP contribution in [0.15, 0.2) is 41.0 Å². The molecule has 1 atom stereocenters. The normalized spacial score (nSPS) is 12.4. The SMILES string of the molecule is CC(N)c1coc(Nc2ccccc2)n1. The third-order valence-corrected chi connectivity index (χ3v) is 2.01. The standard InChI is InChI=1S/C11H13N3O/c1-8(12)10-7-15-11(14-10)13-9-5-3-2-4-6-9/h2-8H,12H2,1H3,(H,13,14). The first-order valence-corrected chi connectivity index (χ1v) is 4.79. The van der Waals surface area contributed by atoms with Crippen molar-refractivity contribution < 1.29 is 4.42 Å². The monoisotopic (exact) mass is 203 g/mol. The maximum absolute atomic E-state index is 5.67. The van der Waals surface area contributed by atoms with Gasteiger partial charge in [0.25, 0.3) is 6.01 Å². The van der Waals surface area contributed by atoms with E-state index in [1.165, 1.54) is 0 Å². The van der Waals surface area contributed by atoms with E-state index in [0.717, 1.165) is 11.4 Å². The van der Waals surface area contributed by atoms with Gasteiger partial charge in [0.15, 0.2) is 0 Å². The molecule has 4 heteroatoms. The number of hydrogen-bond donors (Lipinski definition) is 2. The predicted octanol–water partition coefficient (Wildman–Crippen LogP) is 2.44. The lowest BCUT2D eigenvalue weighted by molar-refractivity contribution is 0.573. The van der Waals surface area contributed by atoms with Crippen LogP contribution in [0, 0.1) is 0 Å². The van der Waals surface area contributed by atoms with Gasteiger partial charge in [0.2, 0.25) is 0 Å². The summed E-state index contributed by atoms with van der Waals surface area (Å²) in [5, 5.41) is 3.05. The van der Waals surface area contributed by atoms with Gasteiger partial charge in [0.1, 0.15) is 6.26 Å². The maximum atomic E-state index is 5.67. The zero-order chi connectivity index (χ0) is 10.7. The molecule has 2 aromatic rings. The van der Waals surface area contributed by atoms with Crippen molar-refractivity contribution in [2.24, 2.45) is 5.73 Å². The second-order valence-corrected chi connectivity index (χ2v) is 3.36. The van der Waals surface area contributed by atoms with E-state index in [1.54, 1.807) is 6.26 Å². The van der Waals surface area contributed by atoms with Gasteiger partial charge in [0.05, 0.1) is 5.69 Å². The Labute approximate surface area is 88.1 Å². The van der Waals surface area contributed by atoms with E-state index < -0.39 is 0 Å². The number of anilines is 2. The van der Waals surface area contributed by atoms with Crippen LogP contribution in [0.25, 0.3) is 0 Å². The van der Waals surface area contributed by atoms with Crippen molar-refractivity contribution in [3.63, 3.8) is 0 Å². The number of oxazole rings is 1. The molecule has 0 amide bonds. The molecule has 4 nitrogen and oxygen atoms in total. The first kappa shape index (κ1) is 9.73. The molecular formula is C11H13N3O. The second-order valence-electron chi connectivity index (χ2n) is 3.36. The number of rotatable bonds is 3. The van der Waals surface area contributed by atoms with E-state index in [2.05, 4.69) is 10.3 Å². The highest BCUT2D eigenvalue weighted by Gasteiger charge is 2.06. The van der Waals surface area contributed by atoms with Crippen molar-refractivity contribution in [3.8, 4) is 0 Å². The van der Waals surface area contributed by atoms with Crippen LogP contribution in [0.1, 0.15) is 18.7 Å². The van der Waals surface area contributed by atoms with Crippen LogP contribution in [-0.2, 0) is 0 Å². The highest BCUT2D eigenvalue weighted by Crippen LogP contribution is 2.17. The van der Waals surface area contributed by atoms with Gasteiger partial charge in [0, 0.05) is 11.7 Å². The lowest BCUT2D eigenvalue weighted by Gasteiger charge is -1.99. The summed E-state index contributed by atoms with van der Waals surface area (Å²) >= 11 is 0. The van der Waals surface area contributed by atoms with E-state index in [-0.39, 0.29) is 6.04 Å². The van der Waals surface area contributed by atoms with Crippen LogP contribution in [0.5, 0.6) is 0 Å². The van der Waals surface area contributed by atoms with Crippen LogP contribution in [0.4, 0.5) is 11.7 Å². The Morgan fingerprint density at radius 3 is 2.67 bits per heavy atom. The number of benzene rings is 1. The highest BCUT2D eigenvalue weighted by molar-refractivity contribution is 5.51. The highest BCUT2D eigenvalue weighted by atomic mass is 16.4. The zero-order valence-electron chi connectivity index (χ0n) is 8.47. The lowest BCUT2D eigenvalue weighted by Crippen LogP contribution is -2.05. The number of nitrogens with one attached hydrogen (secondary N) is 1. The average Bonchev–Trinajstić information content (AvgIpc) is 2.68. The van der Waals surface area contributed by atoms with Gasteiger partial charge >= 0.3 is 0 Å². The molecule has 0 bridgehead atoms. The van der Waals surface area contributed by atoms with E-state index in [4.69, 9.17) is 10.2 Å². The summed E-state index contributed by atoms with van der Waals surface area (Å²) in [6, 6.07) is 10.1. The third kappa shape index (κ3) is 2.35. The number of aromatic nitrogens is 1. The molecule has 0 aliphatic rings. The molecule has 2 rings (SSSR count). The molecule has 0 saturated heterocycles. The summed E-state index contributed by atoms with van der Waals surface area (Å²) in [6.07, 6.45) is 1.57. The molecule has 0 aliphatic heterocycles. The molecule has 0 spiro atoms. The number of nitrogens with zero attached hydrogens (tertiary/aromatic N) is 1.